The third kappa shape index (κ3) is 3.73. The van der Waals surface area contributed by atoms with E-state index in [1.165, 1.54) is 25.9 Å². The number of aromatic nitrogens is 2. The molecule has 0 radical (unpaired) electrons. The lowest BCUT2D eigenvalue weighted by Gasteiger charge is -2.15. The summed E-state index contributed by atoms with van der Waals surface area (Å²) in [5.74, 6) is 1.86. The summed E-state index contributed by atoms with van der Waals surface area (Å²) in [6.45, 7) is 7.23. The number of hydrogen-bond donors (Lipinski definition) is 3. The van der Waals surface area contributed by atoms with E-state index in [0.717, 1.165) is 31.3 Å². The van der Waals surface area contributed by atoms with Crippen LogP contribution in [0.3, 0.4) is 0 Å². The maximum atomic E-state index is 5.67. The summed E-state index contributed by atoms with van der Waals surface area (Å²) in [7, 11) is 0. The van der Waals surface area contributed by atoms with E-state index >= 15 is 0 Å². The van der Waals surface area contributed by atoms with Gasteiger partial charge < -0.3 is 21.3 Å². The van der Waals surface area contributed by atoms with Gasteiger partial charge in [0, 0.05) is 25.7 Å². The van der Waals surface area contributed by atoms with Crippen molar-refractivity contribution >= 4 is 17.6 Å². The normalized spacial score (nSPS) is 15.8. The van der Waals surface area contributed by atoms with Crippen LogP contribution < -0.4 is 16.4 Å². The Morgan fingerprint density at radius 2 is 1.89 bits per heavy atom. The largest absolute Gasteiger partial charge is 0.370 e. The SMILES string of the molecule is CCNc1cc(NCCN2CCCC2)nc(N)n1. The summed E-state index contributed by atoms with van der Waals surface area (Å²) in [5, 5.41) is 6.44. The Bertz CT molecular complexity index is 375. The average molecular weight is 250 g/mol. The summed E-state index contributed by atoms with van der Waals surface area (Å²) in [6, 6.07) is 1.89. The molecule has 0 bridgehead atoms. The molecule has 1 fully saturated rings. The maximum absolute atomic E-state index is 5.67. The Morgan fingerprint density at radius 3 is 2.56 bits per heavy atom. The van der Waals surface area contributed by atoms with Gasteiger partial charge in [-0.1, -0.05) is 0 Å². The molecule has 0 spiro atoms. The molecule has 0 amide bonds. The summed E-state index contributed by atoms with van der Waals surface area (Å²) in [6.07, 6.45) is 2.65. The zero-order valence-electron chi connectivity index (χ0n) is 10.9. The molecule has 0 atom stereocenters. The Morgan fingerprint density at radius 1 is 1.22 bits per heavy atom. The Labute approximate surface area is 108 Å². The molecule has 100 valence electrons. The van der Waals surface area contributed by atoms with Gasteiger partial charge >= 0.3 is 0 Å². The highest BCUT2D eigenvalue weighted by molar-refractivity contribution is 5.50. The molecule has 0 unspecified atom stereocenters. The summed E-state index contributed by atoms with van der Waals surface area (Å²) >= 11 is 0. The number of nitrogens with zero attached hydrogens (tertiary/aromatic N) is 3. The van der Waals surface area contributed by atoms with Gasteiger partial charge in [-0.25, -0.2) is 0 Å². The molecule has 6 nitrogen and oxygen atoms in total. The van der Waals surface area contributed by atoms with Gasteiger partial charge in [-0.05, 0) is 32.9 Å². The van der Waals surface area contributed by atoms with Crippen molar-refractivity contribution in [2.45, 2.75) is 19.8 Å². The first-order valence-corrected chi connectivity index (χ1v) is 6.62. The van der Waals surface area contributed by atoms with E-state index in [2.05, 4.69) is 25.5 Å². The van der Waals surface area contributed by atoms with Crippen molar-refractivity contribution in [3.05, 3.63) is 6.07 Å². The second-order valence-corrected chi connectivity index (χ2v) is 4.50. The van der Waals surface area contributed by atoms with Crippen LogP contribution in [0.2, 0.25) is 0 Å². The molecule has 0 saturated carbocycles. The molecule has 6 heteroatoms. The van der Waals surface area contributed by atoms with E-state index in [4.69, 9.17) is 5.73 Å². The minimum absolute atomic E-state index is 0.303. The molecular weight excluding hydrogens is 228 g/mol. The maximum Gasteiger partial charge on any atom is 0.223 e. The summed E-state index contributed by atoms with van der Waals surface area (Å²) in [4.78, 5) is 10.8. The van der Waals surface area contributed by atoms with Crippen LogP contribution in [-0.2, 0) is 0 Å². The van der Waals surface area contributed by atoms with Gasteiger partial charge in [0.2, 0.25) is 5.95 Å². The molecule has 18 heavy (non-hydrogen) atoms. The fourth-order valence-corrected chi connectivity index (χ4v) is 2.18. The van der Waals surface area contributed by atoms with Crippen molar-refractivity contribution in [3.8, 4) is 0 Å². The second kappa shape index (κ2) is 6.39. The minimum Gasteiger partial charge on any atom is -0.370 e. The van der Waals surface area contributed by atoms with Gasteiger partial charge in [-0.15, -0.1) is 0 Å². The van der Waals surface area contributed by atoms with Crippen LogP contribution in [0.4, 0.5) is 17.6 Å². The number of nitrogen functional groups attached to an aromatic ring is 1. The highest BCUT2D eigenvalue weighted by atomic mass is 15.2. The topological polar surface area (TPSA) is 79.1 Å². The lowest BCUT2D eigenvalue weighted by Crippen LogP contribution is -2.26. The van der Waals surface area contributed by atoms with E-state index in [1.807, 2.05) is 13.0 Å². The Hall–Kier alpha value is -1.56. The smallest absolute Gasteiger partial charge is 0.223 e. The van der Waals surface area contributed by atoms with Crippen LogP contribution in [0.5, 0.6) is 0 Å². The first-order valence-electron chi connectivity index (χ1n) is 6.62. The average Bonchev–Trinajstić information content (AvgIpc) is 2.82. The Balaban J connectivity index is 1.83. The van der Waals surface area contributed by atoms with Crippen LogP contribution in [0, 0.1) is 0 Å². The molecule has 1 aromatic rings. The van der Waals surface area contributed by atoms with Crippen LogP contribution in [0.25, 0.3) is 0 Å². The molecular formula is C12H22N6. The highest BCUT2D eigenvalue weighted by Crippen LogP contribution is 2.12. The van der Waals surface area contributed by atoms with Gasteiger partial charge in [-0.3, -0.25) is 0 Å². The van der Waals surface area contributed by atoms with Crippen LogP contribution in [0.15, 0.2) is 6.07 Å². The number of likely N-dealkylation sites (tertiary alicyclic amines) is 1. The third-order valence-electron chi connectivity index (χ3n) is 3.03. The predicted octanol–water partition coefficient (Wildman–Crippen LogP) is 0.998. The van der Waals surface area contributed by atoms with E-state index in [-0.39, 0.29) is 0 Å². The molecule has 1 aromatic heterocycles. The molecule has 2 rings (SSSR count). The second-order valence-electron chi connectivity index (χ2n) is 4.50. The lowest BCUT2D eigenvalue weighted by molar-refractivity contribution is 0.352. The predicted molar refractivity (Wildman–Crippen MR) is 74.8 cm³/mol. The number of hydrogen-bond acceptors (Lipinski definition) is 6. The molecule has 1 aliphatic heterocycles. The monoisotopic (exact) mass is 250 g/mol. The van der Waals surface area contributed by atoms with E-state index < -0.39 is 0 Å². The quantitative estimate of drug-likeness (QED) is 0.699. The van der Waals surface area contributed by atoms with Crippen molar-refractivity contribution in [2.75, 3.05) is 49.1 Å². The zero-order chi connectivity index (χ0) is 12.8. The molecule has 1 saturated heterocycles. The van der Waals surface area contributed by atoms with Gasteiger partial charge in [-0.2, -0.15) is 9.97 Å². The minimum atomic E-state index is 0.303. The first-order chi connectivity index (χ1) is 8.78. The summed E-state index contributed by atoms with van der Waals surface area (Å²) in [5.41, 5.74) is 5.67. The fourth-order valence-electron chi connectivity index (χ4n) is 2.18. The van der Waals surface area contributed by atoms with Crippen molar-refractivity contribution in [1.29, 1.82) is 0 Å². The van der Waals surface area contributed by atoms with Gasteiger partial charge in [0.05, 0.1) is 0 Å². The molecule has 0 aliphatic carbocycles. The van der Waals surface area contributed by atoms with Gasteiger partial charge in [0.1, 0.15) is 11.6 Å². The van der Waals surface area contributed by atoms with Gasteiger partial charge in [0.25, 0.3) is 0 Å². The third-order valence-corrected chi connectivity index (χ3v) is 3.03. The van der Waals surface area contributed by atoms with Crippen LogP contribution in [-0.4, -0.2) is 47.6 Å². The van der Waals surface area contributed by atoms with Crippen molar-refractivity contribution in [1.82, 2.24) is 14.9 Å². The van der Waals surface area contributed by atoms with E-state index in [0.29, 0.717) is 5.95 Å². The number of anilines is 3. The highest BCUT2D eigenvalue weighted by Gasteiger charge is 2.10. The molecule has 2 heterocycles. The number of nitrogens with one attached hydrogen (secondary N) is 2. The molecule has 4 N–H and O–H groups in total. The summed E-state index contributed by atoms with van der Waals surface area (Å²) < 4.78 is 0. The fraction of sp³-hybridized carbons (Fsp3) is 0.667. The number of nitrogens with two attached hydrogens (primary N) is 1. The Kier molecular flexibility index (Phi) is 4.58. The van der Waals surface area contributed by atoms with Crippen LogP contribution >= 0.6 is 0 Å². The molecule has 1 aliphatic rings. The standard InChI is InChI=1S/C12H22N6/c1-2-14-10-9-11(17-12(13)16-10)15-5-8-18-6-3-4-7-18/h9H,2-8H2,1H3,(H4,13,14,15,16,17). The zero-order valence-corrected chi connectivity index (χ0v) is 10.9. The van der Waals surface area contributed by atoms with Crippen molar-refractivity contribution < 1.29 is 0 Å². The van der Waals surface area contributed by atoms with Crippen LogP contribution in [0.1, 0.15) is 19.8 Å². The van der Waals surface area contributed by atoms with Gasteiger partial charge in [0.15, 0.2) is 0 Å². The lowest BCUT2D eigenvalue weighted by atomic mass is 10.4. The molecule has 0 aromatic carbocycles. The van der Waals surface area contributed by atoms with Crippen molar-refractivity contribution in [2.24, 2.45) is 0 Å². The van der Waals surface area contributed by atoms with Crippen molar-refractivity contribution in [3.63, 3.8) is 0 Å². The van der Waals surface area contributed by atoms with E-state index in [1.54, 1.807) is 0 Å². The van der Waals surface area contributed by atoms with E-state index in [9.17, 15) is 0 Å². The number of rotatable bonds is 6. The first kappa shape index (κ1) is 12.9.